The first-order valence-corrected chi connectivity index (χ1v) is 9.18. The van der Waals surface area contributed by atoms with Gasteiger partial charge in [-0.25, -0.2) is 4.79 Å². The lowest BCUT2D eigenvalue weighted by Crippen LogP contribution is -2.43. The number of amides is 3. The van der Waals surface area contributed by atoms with Gasteiger partial charge in [0, 0.05) is 30.9 Å². The first-order valence-electron chi connectivity index (χ1n) is 8.80. The fourth-order valence-corrected chi connectivity index (χ4v) is 2.45. The highest BCUT2D eigenvalue weighted by Crippen LogP contribution is 2.22. The largest absolute Gasteiger partial charge is 0.342 e. The standard InChI is InChI=1S/C19H31ClN4O2.ClH/c1-12(2)16(21)9-10-24(6)17(25)14-11-13(7-8-15(14)20)22-18(26)23-19(3,4)5;/h7-8,11-12,16H,9-10,21H2,1-6H3,(H2,22,23,26);1H. The van der Waals surface area contributed by atoms with Gasteiger partial charge in [-0.3, -0.25) is 4.79 Å². The van der Waals surface area contributed by atoms with Crippen molar-refractivity contribution in [1.82, 2.24) is 10.2 Å². The Labute approximate surface area is 173 Å². The predicted octanol–water partition coefficient (Wildman–Crippen LogP) is 4.13. The van der Waals surface area contributed by atoms with E-state index < -0.39 is 0 Å². The number of hydrogen-bond acceptors (Lipinski definition) is 3. The fourth-order valence-electron chi connectivity index (χ4n) is 2.25. The van der Waals surface area contributed by atoms with Crippen LogP contribution >= 0.6 is 24.0 Å². The molecule has 0 bridgehead atoms. The van der Waals surface area contributed by atoms with Crippen LogP contribution in [0.2, 0.25) is 5.02 Å². The number of nitrogens with two attached hydrogens (primary N) is 1. The number of urea groups is 1. The van der Waals surface area contributed by atoms with Crippen molar-refractivity contribution in [2.24, 2.45) is 11.7 Å². The molecule has 0 aliphatic heterocycles. The molecule has 0 heterocycles. The van der Waals surface area contributed by atoms with E-state index in [0.29, 0.717) is 35.2 Å². The van der Waals surface area contributed by atoms with Gasteiger partial charge in [0.15, 0.2) is 0 Å². The average Bonchev–Trinajstić information content (AvgIpc) is 2.51. The maximum atomic E-state index is 12.7. The molecule has 0 saturated carbocycles. The van der Waals surface area contributed by atoms with Crippen LogP contribution < -0.4 is 16.4 Å². The molecule has 0 fully saturated rings. The van der Waals surface area contributed by atoms with E-state index in [1.165, 1.54) is 0 Å². The van der Waals surface area contributed by atoms with Gasteiger partial charge in [0.2, 0.25) is 0 Å². The number of hydrogen-bond donors (Lipinski definition) is 3. The molecule has 1 aromatic rings. The molecule has 0 spiro atoms. The van der Waals surface area contributed by atoms with Gasteiger partial charge in [0.1, 0.15) is 0 Å². The normalized spacial score (nSPS) is 12.2. The molecule has 6 nitrogen and oxygen atoms in total. The number of nitrogens with zero attached hydrogens (tertiary/aromatic N) is 1. The summed E-state index contributed by atoms with van der Waals surface area (Å²) in [7, 11) is 1.72. The van der Waals surface area contributed by atoms with E-state index in [9.17, 15) is 9.59 Å². The molecule has 1 atom stereocenters. The molecule has 3 amide bonds. The third-order valence-electron chi connectivity index (χ3n) is 3.94. The first-order chi connectivity index (χ1) is 11.9. The fraction of sp³-hybridized carbons (Fsp3) is 0.579. The van der Waals surface area contributed by atoms with Crippen molar-refractivity contribution in [1.29, 1.82) is 0 Å². The Balaban J connectivity index is 0.00000676. The number of carbonyl (C=O) groups is 2. The number of halogens is 2. The molecule has 154 valence electrons. The van der Waals surface area contributed by atoms with E-state index >= 15 is 0 Å². The molecule has 0 aromatic heterocycles. The third-order valence-corrected chi connectivity index (χ3v) is 4.27. The minimum Gasteiger partial charge on any atom is -0.342 e. The second-order valence-electron chi connectivity index (χ2n) is 7.95. The molecule has 27 heavy (non-hydrogen) atoms. The number of anilines is 1. The van der Waals surface area contributed by atoms with E-state index in [0.717, 1.165) is 0 Å². The van der Waals surface area contributed by atoms with Crippen LogP contribution in [-0.2, 0) is 0 Å². The molecule has 0 aliphatic carbocycles. The Hall–Kier alpha value is -1.50. The number of carbonyl (C=O) groups excluding carboxylic acids is 2. The lowest BCUT2D eigenvalue weighted by Gasteiger charge is -2.23. The van der Waals surface area contributed by atoms with E-state index in [1.807, 2.05) is 20.8 Å². The minimum atomic E-state index is -0.357. The molecule has 0 radical (unpaired) electrons. The van der Waals surface area contributed by atoms with E-state index in [-0.39, 0.29) is 35.9 Å². The molecule has 8 heteroatoms. The van der Waals surface area contributed by atoms with Crippen LogP contribution in [0.1, 0.15) is 51.4 Å². The molecule has 1 unspecified atom stereocenters. The van der Waals surface area contributed by atoms with Gasteiger partial charge in [0.25, 0.3) is 5.91 Å². The van der Waals surface area contributed by atoms with Crippen LogP contribution in [0.5, 0.6) is 0 Å². The summed E-state index contributed by atoms with van der Waals surface area (Å²) in [6.07, 6.45) is 0.712. The Morgan fingerprint density at radius 1 is 1.26 bits per heavy atom. The third kappa shape index (κ3) is 8.82. The maximum absolute atomic E-state index is 12.7. The number of nitrogens with one attached hydrogen (secondary N) is 2. The van der Waals surface area contributed by atoms with E-state index in [2.05, 4.69) is 24.5 Å². The van der Waals surface area contributed by atoms with E-state index in [4.69, 9.17) is 17.3 Å². The highest BCUT2D eigenvalue weighted by Gasteiger charge is 2.19. The Bertz CT molecular complexity index is 645. The number of benzene rings is 1. The first kappa shape index (κ1) is 25.5. The van der Waals surface area contributed by atoms with Gasteiger partial charge < -0.3 is 21.3 Å². The molecule has 4 N–H and O–H groups in total. The van der Waals surface area contributed by atoms with Crippen LogP contribution in [0.25, 0.3) is 0 Å². The van der Waals surface area contributed by atoms with Gasteiger partial charge in [-0.2, -0.15) is 0 Å². The van der Waals surface area contributed by atoms with Crippen molar-refractivity contribution in [3.8, 4) is 0 Å². The number of rotatable bonds is 6. The van der Waals surface area contributed by atoms with Crippen LogP contribution in [0.15, 0.2) is 18.2 Å². The van der Waals surface area contributed by atoms with Crippen LogP contribution in [0, 0.1) is 5.92 Å². The summed E-state index contributed by atoms with van der Waals surface area (Å²) in [6, 6.07) is 4.56. The van der Waals surface area contributed by atoms with Crippen molar-refractivity contribution in [2.75, 3.05) is 18.9 Å². The second kappa shape index (κ2) is 10.7. The van der Waals surface area contributed by atoms with Crippen LogP contribution in [-0.4, -0.2) is 42.0 Å². The van der Waals surface area contributed by atoms with Gasteiger partial charge in [0.05, 0.1) is 10.6 Å². The zero-order valence-electron chi connectivity index (χ0n) is 16.9. The zero-order valence-corrected chi connectivity index (χ0v) is 18.5. The minimum absolute atomic E-state index is 0. The zero-order chi connectivity index (χ0) is 20.1. The average molecular weight is 419 g/mol. The summed E-state index contributed by atoms with van der Waals surface area (Å²) < 4.78 is 0. The summed E-state index contributed by atoms with van der Waals surface area (Å²) >= 11 is 6.19. The summed E-state index contributed by atoms with van der Waals surface area (Å²) in [4.78, 5) is 26.3. The SMILES string of the molecule is CC(C)C(N)CCN(C)C(=O)c1cc(NC(=O)NC(C)(C)C)ccc1Cl.Cl. The van der Waals surface area contributed by atoms with E-state index in [1.54, 1.807) is 30.1 Å². The summed E-state index contributed by atoms with van der Waals surface area (Å²) in [5.74, 6) is 0.154. The van der Waals surface area contributed by atoms with Gasteiger partial charge in [-0.05, 0) is 51.3 Å². The quantitative estimate of drug-likeness (QED) is 0.648. The smallest absolute Gasteiger partial charge is 0.319 e. The highest BCUT2D eigenvalue weighted by atomic mass is 35.5. The lowest BCUT2D eigenvalue weighted by atomic mass is 10.0. The van der Waals surface area contributed by atoms with Crippen LogP contribution in [0.4, 0.5) is 10.5 Å². The Kier molecular flexibility index (Phi) is 10.1. The molecular formula is C19H32Cl2N4O2. The Morgan fingerprint density at radius 3 is 2.37 bits per heavy atom. The van der Waals surface area contributed by atoms with Crippen molar-refractivity contribution >= 4 is 41.6 Å². The molecular weight excluding hydrogens is 387 g/mol. The van der Waals surface area contributed by atoms with Gasteiger partial charge >= 0.3 is 6.03 Å². The molecule has 1 rings (SSSR count). The summed E-state index contributed by atoms with van der Waals surface area (Å²) in [5, 5.41) is 5.87. The predicted molar refractivity (Wildman–Crippen MR) is 115 cm³/mol. The highest BCUT2D eigenvalue weighted by molar-refractivity contribution is 6.34. The van der Waals surface area contributed by atoms with Gasteiger partial charge in [-0.15, -0.1) is 12.4 Å². The van der Waals surface area contributed by atoms with Crippen molar-refractivity contribution < 1.29 is 9.59 Å². The van der Waals surface area contributed by atoms with Crippen molar-refractivity contribution in [2.45, 2.75) is 52.6 Å². The summed E-state index contributed by atoms with van der Waals surface area (Å²) in [5.41, 5.74) is 6.54. The maximum Gasteiger partial charge on any atom is 0.319 e. The van der Waals surface area contributed by atoms with Gasteiger partial charge in [-0.1, -0.05) is 25.4 Å². The molecule has 0 saturated heterocycles. The second-order valence-corrected chi connectivity index (χ2v) is 8.35. The monoisotopic (exact) mass is 418 g/mol. The van der Waals surface area contributed by atoms with Crippen molar-refractivity contribution in [3.05, 3.63) is 28.8 Å². The topological polar surface area (TPSA) is 87.5 Å². The molecule has 1 aromatic carbocycles. The summed E-state index contributed by atoms with van der Waals surface area (Å²) in [6.45, 7) is 10.3. The Morgan fingerprint density at radius 2 is 1.85 bits per heavy atom. The van der Waals surface area contributed by atoms with Crippen molar-refractivity contribution in [3.63, 3.8) is 0 Å². The van der Waals surface area contributed by atoms with Crippen LogP contribution in [0.3, 0.4) is 0 Å². The molecule has 0 aliphatic rings. The lowest BCUT2D eigenvalue weighted by molar-refractivity contribution is 0.0789.